The summed E-state index contributed by atoms with van der Waals surface area (Å²) in [6, 6.07) is 0. The number of rotatable bonds is 8. The van der Waals surface area contributed by atoms with E-state index in [-0.39, 0.29) is 24.7 Å². The minimum Gasteiger partial charge on any atom is -0.462 e. The Morgan fingerprint density at radius 3 is 2.31 bits per heavy atom. The third-order valence-corrected chi connectivity index (χ3v) is 2.58. The molecule has 0 aliphatic rings. The van der Waals surface area contributed by atoms with Crippen LogP contribution in [0.3, 0.4) is 0 Å². The van der Waals surface area contributed by atoms with Crippen LogP contribution in [0.25, 0.3) is 0 Å². The molecule has 0 radical (unpaired) electrons. The molecule has 1 atom stereocenters. The van der Waals surface area contributed by atoms with Gasteiger partial charge in [-0.2, -0.15) is 0 Å². The molecule has 4 nitrogen and oxygen atoms in total. The Bertz CT molecular complexity index is 191. The Hall–Kier alpha value is -0.610. The van der Waals surface area contributed by atoms with E-state index in [1.54, 1.807) is 0 Å². The topological polar surface area (TPSA) is 58.6 Å². The molecule has 0 rings (SSSR count). The van der Waals surface area contributed by atoms with Crippen molar-refractivity contribution < 1.29 is 14.6 Å². The van der Waals surface area contributed by atoms with Gasteiger partial charge < -0.3 is 15.2 Å². The molecule has 16 heavy (non-hydrogen) atoms. The van der Waals surface area contributed by atoms with E-state index in [1.165, 1.54) is 0 Å². The van der Waals surface area contributed by atoms with Crippen LogP contribution < -0.4 is 5.32 Å². The lowest BCUT2D eigenvalue weighted by Gasteiger charge is -2.20. The number of nitrogens with one attached hydrogen (secondary N) is 1. The molecule has 0 fully saturated rings. The molecule has 0 aromatic carbocycles. The molecular weight excluding hydrogens is 206 g/mol. The lowest BCUT2D eigenvalue weighted by molar-refractivity contribution is -0.146. The predicted molar refractivity (Wildman–Crippen MR) is 64.2 cm³/mol. The van der Waals surface area contributed by atoms with Gasteiger partial charge in [0.2, 0.25) is 0 Å². The van der Waals surface area contributed by atoms with Crippen LogP contribution in [0.15, 0.2) is 0 Å². The first-order chi connectivity index (χ1) is 7.51. The first-order valence-corrected chi connectivity index (χ1v) is 6.09. The number of aliphatic hydroxyl groups is 1. The second kappa shape index (κ2) is 8.53. The first-order valence-electron chi connectivity index (χ1n) is 6.09. The molecule has 0 saturated heterocycles. The summed E-state index contributed by atoms with van der Waals surface area (Å²) in [4.78, 5) is 11.2. The van der Waals surface area contributed by atoms with E-state index in [2.05, 4.69) is 19.2 Å². The van der Waals surface area contributed by atoms with Gasteiger partial charge in [0.25, 0.3) is 0 Å². The van der Waals surface area contributed by atoms with Crippen molar-refractivity contribution in [1.82, 2.24) is 5.32 Å². The molecule has 0 bridgehead atoms. The van der Waals surface area contributed by atoms with Crippen LogP contribution in [0.1, 0.15) is 40.5 Å². The Morgan fingerprint density at radius 2 is 1.88 bits per heavy atom. The van der Waals surface area contributed by atoms with E-state index in [0.29, 0.717) is 12.5 Å². The van der Waals surface area contributed by atoms with Crippen molar-refractivity contribution in [2.24, 2.45) is 5.92 Å². The largest absolute Gasteiger partial charge is 0.462 e. The quantitative estimate of drug-likeness (QED) is 0.619. The first kappa shape index (κ1) is 15.4. The minimum absolute atomic E-state index is 0.0849. The van der Waals surface area contributed by atoms with Crippen LogP contribution in [0.2, 0.25) is 0 Å². The van der Waals surface area contributed by atoms with Gasteiger partial charge in [-0.25, -0.2) is 0 Å². The maximum absolute atomic E-state index is 11.2. The van der Waals surface area contributed by atoms with Gasteiger partial charge in [-0.05, 0) is 19.8 Å². The van der Waals surface area contributed by atoms with Gasteiger partial charge in [0, 0.05) is 6.54 Å². The fourth-order valence-corrected chi connectivity index (χ4v) is 1.63. The average molecular weight is 231 g/mol. The molecular formula is C12H25NO3. The average Bonchev–Trinajstić information content (AvgIpc) is 2.18. The van der Waals surface area contributed by atoms with E-state index >= 15 is 0 Å². The van der Waals surface area contributed by atoms with Crippen LogP contribution in [-0.4, -0.2) is 36.4 Å². The van der Waals surface area contributed by atoms with Crippen LogP contribution in [-0.2, 0) is 9.53 Å². The molecule has 0 aromatic heterocycles. The highest BCUT2D eigenvalue weighted by Gasteiger charge is 2.15. The maximum atomic E-state index is 11.2. The summed E-state index contributed by atoms with van der Waals surface area (Å²) in [5.74, 6) is 0.0281. The molecule has 1 unspecified atom stereocenters. The van der Waals surface area contributed by atoms with Crippen LogP contribution in [0, 0.1) is 5.92 Å². The number of carbonyl (C=O) groups excluding carboxylic acids is 1. The SMILES string of the molecule is CCC(CC)C(O)CNCC(=O)OC(C)C. The summed E-state index contributed by atoms with van der Waals surface area (Å²) in [6.07, 6.45) is 1.44. The number of hydrogen-bond donors (Lipinski definition) is 2. The van der Waals surface area contributed by atoms with Gasteiger partial charge in [-0.1, -0.05) is 26.7 Å². The minimum atomic E-state index is -0.387. The Labute approximate surface area is 98.4 Å². The highest BCUT2D eigenvalue weighted by Crippen LogP contribution is 2.11. The number of hydrogen-bond acceptors (Lipinski definition) is 4. The van der Waals surface area contributed by atoms with Crippen molar-refractivity contribution in [3.8, 4) is 0 Å². The van der Waals surface area contributed by atoms with Crippen LogP contribution in [0.5, 0.6) is 0 Å². The monoisotopic (exact) mass is 231 g/mol. The second-order valence-corrected chi connectivity index (χ2v) is 4.31. The van der Waals surface area contributed by atoms with Crippen molar-refractivity contribution in [3.63, 3.8) is 0 Å². The van der Waals surface area contributed by atoms with Crippen LogP contribution in [0.4, 0.5) is 0 Å². The highest BCUT2D eigenvalue weighted by molar-refractivity contribution is 5.71. The van der Waals surface area contributed by atoms with Crippen LogP contribution >= 0.6 is 0 Å². The lowest BCUT2D eigenvalue weighted by Crippen LogP contribution is -2.36. The molecule has 0 heterocycles. The van der Waals surface area contributed by atoms with E-state index in [9.17, 15) is 9.90 Å². The smallest absolute Gasteiger partial charge is 0.320 e. The standard InChI is InChI=1S/C12H25NO3/c1-5-10(6-2)11(14)7-13-8-12(15)16-9(3)4/h9-11,13-14H,5-8H2,1-4H3. The van der Waals surface area contributed by atoms with Gasteiger partial charge in [0.05, 0.1) is 18.8 Å². The van der Waals surface area contributed by atoms with Crippen molar-refractivity contribution in [1.29, 1.82) is 0 Å². The van der Waals surface area contributed by atoms with Gasteiger partial charge in [-0.3, -0.25) is 4.79 Å². The number of esters is 1. The summed E-state index contributed by atoms with van der Waals surface area (Å²) in [5.41, 5.74) is 0. The van der Waals surface area contributed by atoms with Crippen molar-refractivity contribution in [3.05, 3.63) is 0 Å². The fourth-order valence-electron chi connectivity index (χ4n) is 1.63. The molecule has 96 valence electrons. The fraction of sp³-hybridized carbons (Fsp3) is 0.917. The van der Waals surface area contributed by atoms with E-state index in [0.717, 1.165) is 12.8 Å². The van der Waals surface area contributed by atoms with Crippen molar-refractivity contribution in [2.45, 2.75) is 52.7 Å². The Kier molecular flexibility index (Phi) is 8.21. The van der Waals surface area contributed by atoms with Gasteiger partial charge >= 0.3 is 5.97 Å². The molecule has 0 amide bonds. The molecule has 0 saturated carbocycles. The van der Waals surface area contributed by atoms with E-state index in [4.69, 9.17) is 4.74 Å². The molecule has 0 aliphatic heterocycles. The summed E-state index contributed by atoms with van der Waals surface area (Å²) in [6.45, 7) is 8.36. The summed E-state index contributed by atoms with van der Waals surface area (Å²) in [7, 11) is 0. The Balaban J connectivity index is 3.68. The zero-order valence-corrected chi connectivity index (χ0v) is 10.8. The summed E-state index contributed by atoms with van der Waals surface area (Å²) in [5, 5.41) is 12.7. The molecule has 2 N–H and O–H groups in total. The number of aliphatic hydroxyl groups excluding tert-OH is 1. The van der Waals surface area contributed by atoms with Gasteiger partial charge in [0.15, 0.2) is 0 Å². The predicted octanol–water partition coefficient (Wildman–Crippen LogP) is 1.32. The normalized spacial score (nSPS) is 13.2. The molecule has 0 spiro atoms. The second-order valence-electron chi connectivity index (χ2n) is 4.31. The van der Waals surface area contributed by atoms with E-state index in [1.807, 2.05) is 13.8 Å². The molecule has 0 aromatic rings. The number of carbonyl (C=O) groups is 1. The lowest BCUT2D eigenvalue weighted by atomic mass is 9.97. The van der Waals surface area contributed by atoms with Crippen molar-refractivity contribution in [2.75, 3.05) is 13.1 Å². The van der Waals surface area contributed by atoms with Gasteiger partial charge in [-0.15, -0.1) is 0 Å². The van der Waals surface area contributed by atoms with Gasteiger partial charge in [0.1, 0.15) is 0 Å². The van der Waals surface area contributed by atoms with Crippen molar-refractivity contribution >= 4 is 5.97 Å². The molecule has 0 aliphatic carbocycles. The Morgan fingerprint density at radius 1 is 1.31 bits per heavy atom. The zero-order valence-electron chi connectivity index (χ0n) is 10.8. The number of ether oxygens (including phenoxy) is 1. The summed E-state index contributed by atoms with van der Waals surface area (Å²) < 4.78 is 4.96. The molecule has 4 heteroatoms. The maximum Gasteiger partial charge on any atom is 0.320 e. The highest BCUT2D eigenvalue weighted by atomic mass is 16.5. The third kappa shape index (κ3) is 6.80. The summed E-state index contributed by atoms with van der Waals surface area (Å²) >= 11 is 0. The zero-order chi connectivity index (χ0) is 12.6. The third-order valence-electron chi connectivity index (χ3n) is 2.58. The van der Waals surface area contributed by atoms with E-state index < -0.39 is 0 Å².